The SMILES string of the molecule is CC1(C(=O)Cc2ccc(Cl)cc2F)CCCNC1. The molecule has 1 atom stereocenters. The molecule has 0 saturated carbocycles. The third-order valence-electron chi connectivity index (χ3n) is 3.64. The molecule has 0 spiro atoms. The van der Waals surface area contributed by atoms with Crippen LogP contribution >= 0.6 is 11.6 Å². The molecule has 1 heterocycles. The Kier molecular flexibility index (Phi) is 4.03. The van der Waals surface area contributed by atoms with E-state index in [1.165, 1.54) is 6.07 Å². The lowest BCUT2D eigenvalue weighted by Crippen LogP contribution is -2.44. The maximum atomic E-state index is 13.7. The van der Waals surface area contributed by atoms with Gasteiger partial charge in [0.2, 0.25) is 0 Å². The van der Waals surface area contributed by atoms with Gasteiger partial charge in [-0.3, -0.25) is 4.79 Å². The molecule has 1 fully saturated rings. The molecule has 2 rings (SSSR count). The number of piperidine rings is 1. The van der Waals surface area contributed by atoms with E-state index in [1.54, 1.807) is 12.1 Å². The highest BCUT2D eigenvalue weighted by atomic mass is 35.5. The van der Waals surface area contributed by atoms with Crippen LogP contribution in [0.5, 0.6) is 0 Å². The number of nitrogens with one attached hydrogen (secondary N) is 1. The van der Waals surface area contributed by atoms with Crippen LogP contribution < -0.4 is 5.32 Å². The number of ketones is 1. The Bertz CT molecular complexity index is 455. The summed E-state index contributed by atoms with van der Waals surface area (Å²) in [6, 6.07) is 4.47. The minimum Gasteiger partial charge on any atom is -0.316 e. The average molecular weight is 270 g/mol. The van der Waals surface area contributed by atoms with E-state index in [0.29, 0.717) is 17.1 Å². The van der Waals surface area contributed by atoms with E-state index in [1.807, 2.05) is 6.92 Å². The van der Waals surface area contributed by atoms with Gasteiger partial charge in [0, 0.05) is 23.4 Å². The van der Waals surface area contributed by atoms with Crippen molar-refractivity contribution in [3.05, 3.63) is 34.6 Å². The minimum atomic E-state index is -0.400. The Labute approximate surface area is 112 Å². The third kappa shape index (κ3) is 2.90. The van der Waals surface area contributed by atoms with E-state index in [2.05, 4.69) is 5.32 Å². The molecular weight excluding hydrogens is 253 g/mol. The number of hydrogen-bond donors (Lipinski definition) is 1. The molecule has 1 aromatic carbocycles. The quantitative estimate of drug-likeness (QED) is 0.914. The van der Waals surface area contributed by atoms with E-state index >= 15 is 0 Å². The van der Waals surface area contributed by atoms with Crippen LogP contribution in [0.15, 0.2) is 18.2 Å². The summed E-state index contributed by atoms with van der Waals surface area (Å²) in [5, 5.41) is 3.59. The molecular formula is C14H17ClFNO. The monoisotopic (exact) mass is 269 g/mol. The molecule has 1 unspecified atom stereocenters. The second-order valence-electron chi connectivity index (χ2n) is 5.18. The van der Waals surface area contributed by atoms with Gasteiger partial charge in [0.1, 0.15) is 11.6 Å². The van der Waals surface area contributed by atoms with Gasteiger partial charge in [0.05, 0.1) is 0 Å². The van der Waals surface area contributed by atoms with Crippen LogP contribution in [-0.4, -0.2) is 18.9 Å². The smallest absolute Gasteiger partial charge is 0.144 e. The maximum Gasteiger partial charge on any atom is 0.144 e. The van der Waals surface area contributed by atoms with Crippen molar-refractivity contribution in [1.82, 2.24) is 5.32 Å². The van der Waals surface area contributed by atoms with Gasteiger partial charge < -0.3 is 5.32 Å². The molecule has 98 valence electrons. The topological polar surface area (TPSA) is 29.1 Å². The predicted molar refractivity (Wildman–Crippen MR) is 70.3 cm³/mol. The van der Waals surface area contributed by atoms with Crippen LogP contribution in [0.3, 0.4) is 0 Å². The molecule has 1 aromatic rings. The molecule has 1 saturated heterocycles. The van der Waals surface area contributed by atoms with Gasteiger partial charge in [-0.2, -0.15) is 0 Å². The van der Waals surface area contributed by atoms with Crippen LogP contribution in [0.25, 0.3) is 0 Å². The summed E-state index contributed by atoms with van der Waals surface area (Å²) in [5.41, 5.74) is 0.0563. The Morgan fingerprint density at radius 1 is 1.56 bits per heavy atom. The van der Waals surface area contributed by atoms with E-state index < -0.39 is 5.82 Å². The normalized spacial score (nSPS) is 23.9. The van der Waals surface area contributed by atoms with Crippen molar-refractivity contribution in [1.29, 1.82) is 0 Å². The van der Waals surface area contributed by atoms with Crippen LogP contribution in [0.4, 0.5) is 4.39 Å². The number of hydrogen-bond acceptors (Lipinski definition) is 2. The number of halogens is 2. The molecule has 1 aliphatic rings. The number of Topliss-reactive ketones (excluding diaryl/α,β-unsaturated/α-hetero) is 1. The lowest BCUT2D eigenvalue weighted by atomic mass is 9.77. The fraction of sp³-hybridized carbons (Fsp3) is 0.500. The molecule has 18 heavy (non-hydrogen) atoms. The van der Waals surface area contributed by atoms with Crippen LogP contribution in [0.2, 0.25) is 5.02 Å². The van der Waals surface area contributed by atoms with Crippen molar-refractivity contribution in [3.63, 3.8) is 0 Å². The first-order valence-corrected chi connectivity index (χ1v) is 6.57. The summed E-state index contributed by atoms with van der Waals surface area (Å²) in [6.07, 6.45) is 2.00. The molecule has 0 bridgehead atoms. The van der Waals surface area contributed by atoms with Crippen LogP contribution in [0, 0.1) is 11.2 Å². The largest absolute Gasteiger partial charge is 0.316 e. The van der Waals surface area contributed by atoms with Gasteiger partial charge in [-0.05, 0) is 37.1 Å². The Morgan fingerprint density at radius 2 is 2.33 bits per heavy atom. The highest BCUT2D eigenvalue weighted by Crippen LogP contribution is 2.28. The van der Waals surface area contributed by atoms with E-state index in [4.69, 9.17) is 11.6 Å². The van der Waals surface area contributed by atoms with Gasteiger partial charge in [0.25, 0.3) is 0 Å². The summed E-state index contributed by atoms with van der Waals surface area (Å²) < 4.78 is 13.7. The summed E-state index contributed by atoms with van der Waals surface area (Å²) >= 11 is 5.69. The molecule has 4 heteroatoms. The predicted octanol–water partition coefficient (Wildman–Crippen LogP) is 2.98. The van der Waals surface area contributed by atoms with Gasteiger partial charge >= 0.3 is 0 Å². The lowest BCUT2D eigenvalue weighted by molar-refractivity contribution is -0.128. The molecule has 0 amide bonds. The molecule has 0 radical (unpaired) electrons. The Hall–Kier alpha value is -0.930. The van der Waals surface area contributed by atoms with Gasteiger partial charge in [-0.15, -0.1) is 0 Å². The molecule has 0 aliphatic carbocycles. The standard InChI is InChI=1S/C14H17ClFNO/c1-14(5-2-6-17-9-14)13(18)7-10-3-4-11(15)8-12(10)16/h3-4,8,17H,2,5-7,9H2,1H3. The number of carbonyl (C=O) groups excluding carboxylic acids is 1. The lowest BCUT2D eigenvalue weighted by Gasteiger charge is -2.32. The zero-order valence-corrected chi connectivity index (χ0v) is 11.2. The summed E-state index contributed by atoms with van der Waals surface area (Å²) in [6.45, 7) is 3.59. The number of carbonyl (C=O) groups is 1. The van der Waals surface area contributed by atoms with Crippen molar-refractivity contribution in [2.45, 2.75) is 26.2 Å². The van der Waals surface area contributed by atoms with Crippen LogP contribution in [0.1, 0.15) is 25.3 Å². The zero-order chi connectivity index (χ0) is 13.2. The van der Waals surface area contributed by atoms with E-state index in [-0.39, 0.29) is 17.6 Å². The number of benzene rings is 1. The summed E-state index contributed by atoms with van der Waals surface area (Å²) in [7, 11) is 0. The highest BCUT2D eigenvalue weighted by molar-refractivity contribution is 6.30. The average Bonchev–Trinajstić information content (AvgIpc) is 2.33. The fourth-order valence-electron chi connectivity index (χ4n) is 2.35. The summed E-state index contributed by atoms with van der Waals surface area (Å²) in [5.74, 6) is -0.306. The Balaban J connectivity index is 2.11. The Morgan fingerprint density at radius 3 is 2.94 bits per heavy atom. The zero-order valence-electron chi connectivity index (χ0n) is 10.4. The first-order chi connectivity index (χ1) is 8.51. The fourth-order valence-corrected chi connectivity index (χ4v) is 2.50. The first-order valence-electron chi connectivity index (χ1n) is 6.19. The second kappa shape index (κ2) is 5.37. The van der Waals surface area contributed by atoms with Gasteiger partial charge in [-0.1, -0.05) is 24.6 Å². The van der Waals surface area contributed by atoms with E-state index in [0.717, 1.165) is 19.4 Å². The number of rotatable bonds is 3. The molecule has 1 N–H and O–H groups in total. The van der Waals surface area contributed by atoms with Crippen molar-refractivity contribution in [2.24, 2.45) is 5.41 Å². The first kappa shape index (κ1) is 13.5. The minimum absolute atomic E-state index is 0.0934. The van der Waals surface area contributed by atoms with Crippen LogP contribution in [-0.2, 0) is 11.2 Å². The molecule has 0 aromatic heterocycles. The second-order valence-corrected chi connectivity index (χ2v) is 5.61. The van der Waals surface area contributed by atoms with Gasteiger partial charge in [-0.25, -0.2) is 4.39 Å². The molecule has 1 aliphatic heterocycles. The third-order valence-corrected chi connectivity index (χ3v) is 3.87. The molecule has 2 nitrogen and oxygen atoms in total. The maximum absolute atomic E-state index is 13.7. The van der Waals surface area contributed by atoms with Crippen molar-refractivity contribution < 1.29 is 9.18 Å². The van der Waals surface area contributed by atoms with Crippen molar-refractivity contribution in [3.8, 4) is 0 Å². The highest BCUT2D eigenvalue weighted by Gasteiger charge is 2.34. The van der Waals surface area contributed by atoms with Gasteiger partial charge in [0.15, 0.2) is 0 Å². The van der Waals surface area contributed by atoms with Crippen molar-refractivity contribution in [2.75, 3.05) is 13.1 Å². The summed E-state index contributed by atoms with van der Waals surface area (Å²) in [4.78, 5) is 12.3. The van der Waals surface area contributed by atoms with Crippen molar-refractivity contribution >= 4 is 17.4 Å². The van der Waals surface area contributed by atoms with E-state index in [9.17, 15) is 9.18 Å².